The van der Waals surface area contributed by atoms with Gasteiger partial charge >= 0.3 is 5.97 Å². The van der Waals surface area contributed by atoms with E-state index in [1.165, 1.54) is 0 Å². The van der Waals surface area contributed by atoms with Crippen molar-refractivity contribution in [1.82, 2.24) is 0 Å². The number of rotatable bonds is 1. The number of esters is 1. The van der Waals surface area contributed by atoms with Crippen LogP contribution in [0.5, 0.6) is 0 Å². The Bertz CT molecular complexity index is 137. The molecule has 2 unspecified atom stereocenters. The van der Waals surface area contributed by atoms with Crippen molar-refractivity contribution in [1.29, 1.82) is 0 Å². The summed E-state index contributed by atoms with van der Waals surface area (Å²) in [4.78, 5) is 10.8. The number of hydrogen-bond donors (Lipinski definition) is 1. The highest BCUT2D eigenvalue weighted by atomic mass is 35.5. The van der Waals surface area contributed by atoms with Gasteiger partial charge in [-0.2, -0.15) is 0 Å². The molecule has 1 aliphatic heterocycles. The van der Waals surface area contributed by atoms with Crippen LogP contribution in [0.25, 0.3) is 0 Å². The van der Waals surface area contributed by atoms with Crippen LogP contribution in [0.3, 0.4) is 0 Å². The molecule has 1 saturated heterocycles. The lowest BCUT2D eigenvalue weighted by atomic mass is 10.0. The van der Waals surface area contributed by atoms with Crippen molar-refractivity contribution in [2.24, 2.45) is 5.92 Å². The molecule has 0 bridgehead atoms. The third-order valence-electron chi connectivity index (χ3n) is 1.59. The average Bonchev–Trinajstić information content (AvgIpc) is 1.88. The van der Waals surface area contributed by atoms with Crippen molar-refractivity contribution >= 4 is 17.6 Å². The van der Waals surface area contributed by atoms with Crippen LogP contribution in [0.15, 0.2) is 0 Å². The number of carbonyl (C=O) groups excluding carboxylic acids is 1. The number of halogens is 1. The molecule has 58 valence electrons. The van der Waals surface area contributed by atoms with Crippen LogP contribution < -0.4 is 0 Å². The second kappa shape index (κ2) is 3.21. The molecule has 1 fully saturated rings. The summed E-state index contributed by atoms with van der Waals surface area (Å²) >= 11 is 5.41. The second-order valence-electron chi connectivity index (χ2n) is 2.28. The van der Waals surface area contributed by atoms with Crippen molar-refractivity contribution in [3.63, 3.8) is 0 Å². The quantitative estimate of drug-likeness (QED) is 0.443. The Hall–Kier alpha value is -0.280. The Labute approximate surface area is 63.9 Å². The Kier molecular flexibility index (Phi) is 2.51. The van der Waals surface area contributed by atoms with E-state index in [4.69, 9.17) is 16.7 Å². The maximum atomic E-state index is 10.8. The third-order valence-corrected chi connectivity index (χ3v) is 1.92. The van der Waals surface area contributed by atoms with E-state index in [9.17, 15) is 4.79 Å². The van der Waals surface area contributed by atoms with Crippen molar-refractivity contribution in [2.45, 2.75) is 12.5 Å². The van der Waals surface area contributed by atoms with Crippen LogP contribution in [0.1, 0.15) is 6.42 Å². The van der Waals surface area contributed by atoms with Gasteiger partial charge in [0.2, 0.25) is 0 Å². The Balaban J connectivity index is 2.53. The van der Waals surface area contributed by atoms with Crippen molar-refractivity contribution in [3.8, 4) is 0 Å². The van der Waals surface area contributed by atoms with Gasteiger partial charge in [-0.15, -0.1) is 11.6 Å². The molecule has 1 rings (SSSR count). The van der Waals surface area contributed by atoms with Crippen LogP contribution in [-0.2, 0) is 9.53 Å². The van der Waals surface area contributed by atoms with Crippen LogP contribution >= 0.6 is 11.6 Å². The maximum absolute atomic E-state index is 10.8. The summed E-state index contributed by atoms with van der Waals surface area (Å²) in [5, 5.41) is 9.15. The Morgan fingerprint density at radius 1 is 1.80 bits per heavy atom. The van der Waals surface area contributed by atoms with Crippen LogP contribution in [0.2, 0.25) is 0 Å². The molecule has 0 aliphatic carbocycles. The average molecular weight is 165 g/mol. The van der Waals surface area contributed by atoms with Gasteiger partial charge in [0.1, 0.15) is 0 Å². The van der Waals surface area contributed by atoms with Crippen LogP contribution in [-0.4, -0.2) is 29.7 Å². The lowest BCUT2D eigenvalue weighted by Crippen LogP contribution is -2.37. The Morgan fingerprint density at radius 3 is 2.90 bits per heavy atom. The summed E-state index contributed by atoms with van der Waals surface area (Å²) in [6, 6.07) is 0. The first-order chi connectivity index (χ1) is 4.75. The molecule has 4 heteroatoms. The molecule has 0 saturated carbocycles. The minimum Gasteiger partial charge on any atom is -0.465 e. The van der Waals surface area contributed by atoms with E-state index >= 15 is 0 Å². The highest BCUT2D eigenvalue weighted by Crippen LogP contribution is 2.16. The SMILES string of the molecule is O=C1OCCC(O)C1CCl. The van der Waals surface area contributed by atoms with Gasteiger partial charge < -0.3 is 9.84 Å². The normalized spacial score (nSPS) is 33.6. The van der Waals surface area contributed by atoms with Gasteiger partial charge in [0.05, 0.1) is 18.6 Å². The number of ether oxygens (including phenoxy) is 1. The predicted molar refractivity (Wildman–Crippen MR) is 35.8 cm³/mol. The molecule has 0 aromatic heterocycles. The lowest BCUT2D eigenvalue weighted by Gasteiger charge is -2.24. The largest absolute Gasteiger partial charge is 0.465 e. The van der Waals surface area contributed by atoms with Crippen LogP contribution in [0, 0.1) is 5.92 Å². The van der Waals surface area contributed by atoms with Gasteiger partial charge in [0, 0.05) is 12.3 Å². The van der Waals surface area contributed by atoms with E-state index in [1.54, 1.807) is 0 Å². The van der Waals surface area contributed by atoms with Crippen LogP contribution in [0.4, 0.5) is 0 Å². The number of carbonyl (C=O) groups is 1. The number of hydrogen-bond acceptors (Lipinski definition) is 3. The molecule has 10 heavy (non-hydrogen) atoms. The molecule has 0 spiro atoms. The van der Waals surface area contributed by atoms with Crippen molar-refractivity contribution in [3.05, 3.63) is 0 Å². The smallest absolute Gasteiger partial charge is 0.312 e. The predicted octanol–water partition coefficient (Wildman–Crippen LogP) is 0.149. The number of aliphatic hydroxyl groups excluding tert-OH is 1. The number of alkyl halides is 1. The molecular formula is C6H9ClO3. The highest BCUT2D eigenvalue weighted by Gasteiger charge is 2.31. The monoisotopic (exact) mass is 164 g/mol. The van der Waals surface area contributed by atoms with E-state index in [2.05, 4.69) is 4.74 Å². The fourth-order valence-corrected chi connectivity index (χ4v) is 1.24. The molecule has 0 radical (unpaired) electrons. The molecule has 1 N–H and O–H groups in total. The number of cyclic esters (lactones) is 1. The van der Waals surface area contributed by atoms with E-state index in [0.29, 0.717) is 13.0 Å². The van der Waals surface area contributed by atoms with Gasteiger partial charge in [0.15, 0.2) is 0 Å². The summed E-state index contributed by atoms with van der Waals surface area (Å²) in [7, 11) is 0. The zero-order valence-electron chi connectivity index (χ0n) is 5.42. The lowest BCUT2D eigenvalue weighted by molar-refractivity contribution is -0.158. The van der Waals surface area contributed by atoms with Crippen molar-refractivity contribution < 1.29 is 14.6 Å². The van der Waals surface area contributed by atoms with E-state index < -0.39 is 12.0 Å². The molecule has 0 aromatic rings. The molecule has 0 amide bonds. The molecule has 1 aliphatic rings. The van der Waals surface area contributed by atoms with E-state index in [-0.39, 0.29) is 11.8 Å². The summed E-state index contributed by atoms with van der Waals surface area (Å²) in [5.41, 5.74) is 0. The van der Waals surface area contributed by atoms with Gasteiger partial charge in [-0.25, -0.2) is 0 Å². The maximum Gasteiger partial charge on any atom is 0.312 e. The first-order valence-electron chi connectivity index (χ1n) is 3.16. The summed E-state index contributed by atoms with van der Waals surface area (Å²) < 4.78 is 4.67. The summed E-state index contributed by atoms with van der Waals surface area (Å²) in [6.45, 7) is 0.313. The minimum absolute atomic E-state index is 0.139. The minimum atomic E-state index is -0.612. The first-order valence-corrected chi connectivity index (χ1v) is 3.70. The molecular weight excluding hydrogens is 156 g/mol. The standard InChI is InChI=1S/C6H9ClO3/c7-3-4-5(8)1-2-10-6(4)9/h4-5,8H,1-3H2. The zero-order chi connectivity index (χ0) is 7.56. The van der Waals surface area contributed by atoms with Gasteiger partial charge in [-0.3, -0.25) is 4.79 Å². The highest BCUT2D eigenvalue weighted by molar-refractivity contribution is 6.19. The van der Waals surface area contributed by atoms with E-state index in [1.807, 2.05) is 0 Å². The topological polar surface area (TPSA) is 46.5 Å². The Morgan fingerprint density at radius 2 is 2.50 bits per heavy atom. The molecule has 2 atom stereocenters. The zero-order valence-corrected chi connectivity index (χ0v) is 6.17. The fraction of sp³-hybridized carbons (Fsp3) is 0.833. The van der Waals surface area contributed by atoms with Gasteiger partial charge in [0.25, 0.3) is 0 Å². The molecule has 3 nitrogen and oxygen atoms in total. The summed E-state index contributed by atoms with van der Waals surface area (Å²) in [6.07, 6.45) is -0.109. The number of aliphatic hydroxyl groups is 1. The molecule has 1 heterocycles. The van der Waals surface area contributed by atoms with Gasteiger partial charge in [-0.1, -0.05) is 0 Å². The van der Waals surface area contributed by atoms with E-state index in [0.717, 1.165) is 0 Å². The third kappa shape index (κ3) is 1.41. The first kappa shape index (κ1) is 7.82. The molecule has 0 aromatic carbocycles. The second-order valence-corrected chi connectivity index (χ2v) is 2.59. The fourth-order valence-electron chi connectivity index (χ4n) is 0.911. The van der Waals surface area contributed by atoms with Gasteiger partial charge in [-0.05, 0) is 0 Å². The summed E-state index contributed by atoms with van der Waals surface area (Å²) in [5.74, 6) is -0.760. The van der Waals surface area contributed by atoms with Crippen molar-refractivity contribution in [2.75, 3.05) is 12.5 Å².